The van der Waals surface area contributed by atoms with Gasteiger partial charge in [0.15, 0.2) is 0 Å². The molecule has 2 N–H and O–H groups in total. The van der Waals surface area contributed by atoms with Crippen LogP contribution in [0, 0.1) is 13.8 Å². The minimum atomic E-state index is -0.129. The highest BCUT2D eigenvalue weighted by Gasteiger charge is 2.51. The number of aryl methyl sites for hydroxylation is 1. The second-order valence-corrected chi connectivity index (χ2v) is 5.94. The van der Waals surface area contributed by atoms with Gasteiger partial charge in [0, 0.05) is 0 Å². The summed E-state index contributed by atoms with van der Waals surface area (Å²) >= 11 is 0. The molecule has 1 saturated carbocycles. The SMILES string of the molecule is CCONC1CCC12CCc1cc(O)c(C)c(C)c1O2. The van der Waals surface area contributed by atoms with E-state index in [1.165, 1.54) is 0 Å². The number of hydrogen-bond acceptors (Lipinski definition) is 4. The van der Waals surface area contributed by atoms with Crippen LogP contribution in [0.15, 0.2) is 6.07 Å². The zero-order valence-corrected chi connectivity index (χ0v) is 12.5. The molecule has 1 aliphatic heterocycles. The molecule has 1 aromatic rings. The minimum absolute atomic E-state index is 0.129. The van der Waals surface area contributed by atoms with Crippen LogP contribution >= 0.6 is 0 Å². The molecule has 110 valence electrons. The summed E-state index contributed by atoms with van der Waals surface area (Å²) in [4.78, 5) is 5.36. The van der Waals surface area contributed by atoms with Crippen LogP contribution in [-0.2, 0) is 11.3 Å². The van der Waals surface area contributed by atoms with E-state index in [0.717, 1.165) is 48.1 Å². The van der Waals surface area contributed by atoms with E-state index in [-0.39, 0.29) is 11.6 Å². The lowest BCUT2D eigenvalue weighted by molar-refractivity contribution is -0.119. The fraction of sp³-hybridized carbons (Fsp3) is 0.625. The quantitative estimate of drug-likeness (QED) is 0.834. The molecule has 2 aliphatic rings. The highest BCUT2D eigenvalue weighted by atomic mass is 16.6. The maximum Gasteiger partial charge on any atom is 0.127 e. The van der Waals surface area contributed by atoms with Crippen molar-refractivity contribution in [2.24, 2.45) is 0 Å². The molecule has 1 aromatic carbocycles. The van der Waals surface area contributed by atoms with Gasteiger partial charge in [-0.15, -0.1) is 0 Å². The molecule has 2 atom stereocenters. The van der Waals surface area contributed by atoms with Crippen LogP contribution in [0.25, 0.3) is 0 Å². The largest absolute Gasteiger partial charge is 0.508 e. The zero-order valence-electron chi connectivity index (χ0n) is 12.5. The molecule has 0 bridgehead atoms. The lowest BCUT2D eigenvalue weighted by atomic mass is 9.70. The van der Waals surface area contributed by atoms with Crippen molar-refractivity contribution in [2.75, 3.05) is 6.61 Å². The topological polar surface area (TPSA) is 50.7 Å². The van der Waals surface area contributed by atoms with Crippen molar-refractivity contribution in [1.82, 2.24) is 5.48 Å². The maximum absolute atomic E-state index is 9.94. The summed E-state index contributed by atoms with van der Waals surface area (Å²) in [5.41, 5.74) is 6.09. The van der Waals surface area contributed by atoms with E-state index in [4.69, 9.17) is 9.57 Å². The number of nitrogens with one attached hydrogen (secondary N) is 1. The fourth-order valence-corrected chi connectivity index (χ4v) is 3.25. The Hall–Kier alpha value is -1.26. The van der Waals surface area contributed by atoms with E-state index in [1.807, 2.05) is 26.8 Å². The molecule has 4 nitrogen and oxygen atoms in total. The lowest BCUT2D eigenvalue weighted by Gasteiger charge is -2.51. The van der Waals surface area contributed by atoms with Gasteiger partial charge in [-0.25, -0.2) is 0 Å². The van der Waals surface area contributed by atoms with Gasteiger partial charge < -0.3 is 14.7 Å². The van der Waals surface area contributed by atoms with Gasteiger partial charge in [-0.2, -0.15) is 5.48 Å². The highest BCUT2D eigenvalue weighted by molar-refractivity contribution is 5.53. The number of phenolic OH excluding ortho intramolecular Hbond substituents is 1. The summed E-state index contributed by atoms with van der Waals surface area (Å²) in [5, 5.41) is 9.94. The monoisotopic (exact) mass is 277 g/mol. The minimum Gasteiger partial charge on any atom is -0.508 e. The van der Waals surface area contributed by atoms with Gasteiger partial charge >= 0.3 is 0 Å². The second kappa shape index (κ2) is 4.93. The number of fused-ring (bicyclic) bond motifs is 1. The Morgan fingerprint density at radius 2 is 2.20 bits per heavy atom. The molecule has 1 aliphatic carbocycles. The molecule has 4 heteroatoms. The summed E-state index contributed by atoms with van der Waals surface area (Å²) in [6.45, 7) is 6.60. The molecular formula is C16H23NO3. The van der Waals surface area contributed by atoms with Crippen molar-refractivity contribution >= 4 is 0 Å². The number of rotatable bonds is 3. The van der Waals surface area contributed by atoms with Crippen molar-refractivity contribution < 1.29 is 14.7 Å². The molecule has 0 amide bonds. The predicted octanol–water partition coefficient (Wildman–Crippen LogP) is 2.78. The summed E-state index contributed by atoms with van der Waals surface area (Å²) in [6, 6.07) is 2.12. The van der Waals surface area contributed by atoms with Crippen molar-refractivity contribution in [3.05, 3.63) is 22.8 Å². The predicted molar refractivity (Wildman–Crippen MR) is 77.0 cm³/mol. The van der Waals surface area contributed by atoms with E-state index >= 15 is 0 Å². The molecule has 20 heavy (non-hydrogen) atoms. The summed E-state index contributed by atoms with van der Waals surface area (Å²) in [6.07, 6.45) is 4.09. The number of hydroxylamine groups is 1. The number of ether oxygens (including phenoxy) is 1. The number of benzene rings is 1. The Labute approximate surface area is 120 Å². The third-order valence-corrected chi connectivity index (χ3v) is 4.87. The van der Waals surface area contributed by atoms with Gasteiger partial charge in [0.05, 0.1) is 12.6 Å². The van der Waals surface area contributed by atoms with Gasteiger partial charge in [-0.3, -0.25) is 0 Å². The van der Waals surface area contributed by atoms with Crippen LogP contribution in [0.3, 0.4) is 0 Å². The van der Waals surface area contributed by atoms with Crippen LogP contribution in [0.4, 0.5) is 0 Å². The van der Waals surface area contributed by atoms with E-state index < -0.39 is 0 Å². The smallest absolute Gasteiger partial charge is 0.127 e. The molecule has 0 saturated heterocycles. The van der Waals surface area contributed by atoms with Crippen LogP contribution in [0.2, 0.25) is 0 Å². The average Bonchev–Trinajstić information content (AvgIpc) is 2.44. The normalized spacial score (nSPS) is 27.9. The van der Waals surface area contributed by atoms with Gasteiger partial charge in [0.25, 0.3) is 0 Å². The molecule has 0 aromatic heterocycles. The van der Waals surface area contributed by atoms with E-state index in [0.29, 0.717) is 12.4 Å². The summed E-state index contributed by atoms with van der Waals surface area (Å²) < 4.78 is 6.38. The highest BCUT2D eigenvalue weighted by Crippen LogP contribution is 2.47. The van der Waals surface area contributed by atoms with Crippen LogP contribution in [0.1, 0.15) is 42.9 Å². The Morgan fingerprint density at radius 1 is 1.40 bits per heavy atom. The Kier molecular flexibility index (Phi) is 3.38. The van der Waals surface area contributed by atoms with E-state index in [1.54, 1.807) is 0 Å². The van der Waals surface area contributed by atoms with E-state index in [9.17, 15) is 5.11 Å². The van der Waals surface area contributed by atoms with Gasteiger partial charge in [0.2, 0.25) is 0 Å². The number of aromatic hydroxyl groups is 1. The van der Waals surface area contributed by atoms with Crippen molar-refractivity contribution in [2.45, 2.75) is 58.1 Å². The number of hydrogen-bond donors (Lipinski definition) is 2. The standard InChI is InChI=1S/C16H23NO3/c1-4-19-17-14-6-8-16(14)7-5-12-9-13(18)10(2)11(3)15(12)20-16/h9,14,17-18H,4-8H2,1-3H3. The number of phenols is 1. The first kappa shape index (κ1) is 13.7. The first-order chi connectivity index (χ1) is 9.57. The first-order valence-corrected chi connectivity index (χ1v) is 7.46. The molecule has 2 unspecified atom stereocenters. The summed E-state index contributed by atoms with van der Waals surface area (Å²) in [7, 11) is 0. The lowest BCUT2D eigenvalue weighted by Crippen LogP contribution is -2.63. The molecule has 1 fully saturated rings. The van der Waals surface area contributed by atoms with Crippen molar-refractivity contribution in [1.29, 1.82) is 0 Å². The average molecular weight is 277 g/mol. The Bertz CT molecular complexity index is 529. The van der Waals surface area contributed by atoms with Gasteiger partial charge in [0.1, 0.15) is 17.1 Å². The second-order valence-electron chi connectivity index (χ2n) is 5.94. The van der Waals surface area contributed by atoms with Gasteiger partial charge in [-0.1, -0.05) is 0 Å². The third kappa shape index (κ3) is 1.98. The van der Waals surface area contributed by atoms with Crippen molar-refractivity contribution in [3.63, 3.8) is 0 Å². The van der Waals surface area contributed by atoms with E-state index in [2.05, 4.69) is 5.48 Å². The molecule has 1 spiro atoms. The van der Waals surface area contributed by atoms with Crippen LogP contribution in [0.5, 0.6) is 11.5 Å². The Balaban J connectivity index is 1.87. The molecule has 1 heterocycles. The molecule has 3 rings (SSSR count). The fourth-order valence-electron chi connectivity index (χ4n) is 3.25. The molecule has 0 radical (unpaired) electrons. The Morgan fingerprint density at radius 3 is 2.85 bits per heavy atom. The van der Waals surface area contributed by atoms with Crippen LogP contribution in [-0.4, -0.2) is 23.4 Å². The van der Waals surface area contributed by atoms with Crippen LogP contribution < -0.4 is 10.2 Å². The van der Waals surface area contributed by atoms with Gasteiger partial charge in [-0.05, 0) is 69.2 Å². The third-order valence-electron chi connectivity index (χ3n) is 4.87. The maximum atomic E-state index is 9.94. The summed E-state index contributed by atoms with van der Waals surface area (Å²) in [5.74, 6) is 1.34. The molecular weight excluding hydrogens is 254 g/mol. The van der Waals surface area contributed by atoms with Crippen molar-refractivity contribution in [3.8, 4) is 11.5 Å². The zero-order chi connectivity index (χ0) is 14.3. The first-order valence-electron chi connectivity index (χ1n) is 7.46.